The van der Waals surface area contributed by atoms with E-state index in [-0.39, 0.29) is 11.9 Å². The van der Waals surface area contributed by atoms with Crippen molar-refractivity contribution in [2.75, 3.05) is 13.2 Å². The number of nitrogens with one attached hydrogen (secondary N) is 1. The van der Waals surface area contributed by atoms with Crippen LogP contribution in [0, 0.1) is 12.3 Å². The molecule has 1 aliphatic heterocycles. The van der Waals surface area contributed by atoms with Gasteiger partial charge in [0.05, 0.1) is 18.6 Å². The first kappa shape index (κ1) is 13.0. The average molecular weight is 249 g/mol. The molecule has 18 heavy (non-hydrogen) atoms. The minimum Gasteiger partial charge on any atom is -0.379 e. The molecule has 0 spiro atoms. The molecule has 0 saturated carbocycles. The van der Waals surface area contributed by atoms with Gasteiger partial charge in [-0.3, -0.25) is 9.78 Å². The van der Waals surface area contributed by atoms with Crippen LogP contribution in [0.15, 0.2) is 18.5 Å². The summed E-state index contributed by atoms with van der Waals surface area (Å²) in [4.78, 5) is 16.2. The van der Waals surface area contributed by atoms with Crippen LogP contribution in [-0.4, -0.2) is 30.1 Å². The fourth-order valence-electron chi connectivity index (χ4n) is 2.00. The lowest BCUT2D eigenvalue weighted by Gasteiger charge is -2.25. The molecule has 0 aliphatic carbocycles. The van der Waals surface area contributed by atoms with E-state index in [9.17, 15) is 4.79 Å². The van der Waals surface area contributed by atoms with Crippen molar-refractivity contribution in [3.63, 3.8) is 0 Å². The molecule has 1 aromatic heterocycles. The summed E-state index contributed by atoms with van der Waals surface area (Å²) in [5.74, 6) is -0.0521. The molecule has 1 aliphatic rings. The van der Waals surface area contributed by atoms with Crippen molar-refractivity contribution in [1.29, 1.82) is 0 Å². The summed E-state index contributed by atoms with van der Waals surface area (Å²) in [5, 5.41) is 2.93. The lowest BCUT2D eigenvalue weighted by atomic mass is 9.85. The number of aromatic nitrogens is 1. The monoisotopic (exact) mass is 249 g/mol. The van der Waals surface area contributed by atoms with E-state index >= 15 is 0 Å². The second-order valence-electron chi connectivity index (χ2n) is 5.02. The second-order valence-corrected chi connectivity index (χ2v) is 5.02. The number of aryl methyl sites for hydroxylation is 1. The zero-order valence-electron chi connectivity index (χ0n) is 10.8. The largest absolute Gasteiger partial charge is 0.379 e. The van der Waals surface area contributed by atoms with Crippen LogP contribution in [0.1, 0.15) is 18.1 Å². The number of pyridine rings is 1. The molecule has 1 saturated heterocycles. The molecule has 2 unspecified atom stereocenters. The smallest absolute Gasteiger partial charge is 0.230 e. The van der Waals surface area contributed by atoms with Crippen molar-refractivity contribution >= 4 is 5.91 Å². The van der Waals surface area contributed by atoms with Gasteiger partial charge >= 0.3 is 0 Å². The fourth-order valence-corrected chi connectivity index (χ4v) is 2.00. The highest BCUT2D eigenvalue weighted by Gasteiger charge is 2.44. The molecule has 5 nitrogen and oxygen atoms in total. The SMILES string of the molecule is Cc1cnccc1CNC(=O)C1(C)COCC1N. The van der Waals surface area contributed by atoms with E-state index in [1.165, 1.54) is 0 Å². The summed E-state index contributed by atoms with van der Waals surface area (Å²) in [6.07, 6.45) is 3.51. The zero-order chi connectivity index (χ0) is 13.2. The van der Waals surface area contributed by atoms with Crippen LogP contribution >= 0.6 is 0 Å². The van der Waals surface area contributed by atoms with Crippen LogP contribution in [0.3, 0.4) is 0 Å². The van der Waals surface area contributed by atoms with Gasteiger partial charge in [0.2, 0.25) is 5.91 Å². The van der Waals surface area contributed by atoms with Gasteiger partial charge in [0.1, 0.15) is 0 Å². The number of hydrogen-bond acceptors (Lipinski definition) is 4. The van der Waals surface area contributed by atoms with E-state index in [1.807, 2.05) is 19.9 Å². The Balaban J connectivity index is 1.99. The zero-order valence-corrected chi connectivity index (χ0v) is 10.8. The molecule has 3 N–H and O–H groups in total. The van der Waals surface area contributed by atoms with Gasteiger partial charge in [-0.15, -0.1) is 0 Å². The standard InChI is InChI=1S/C13H19N3O2/c1-9-5-15-4-3-10(9)6-16-12(17)13(2)8-18-7-11(13)14/h3-5,11H,6-8,14H2,1-2H3,(H,16,17). The molecule has 1 fully saturated rings. The summed E-state index contributed by atoms with van der Waals surface area (Å²) < 4.78 is 5.27. The quantitative estimate of drug-likeness (QED) is 0.811. The van der Waals surface area contributed by atoms with Crippen LogP contribution < -0.4 is 11.1 Å². The Morgan fingerprint density at radius 2 is 2.50 bits per heavy atom. The molecule has 1 amide bonds. The topological polar surface area (TPSA) is 77.2 Å². The van der Waals surface area contributed by atoms with E-state index < -0.39 is 5.41 Å². The van der Waals surface area contributed by atoms with Crippen molar-refractivity contribution in [3.8, 4) is 0 Å². The highest BCUT2D eigenvalue weighted by molar-refractivity contribution is 5.83. The van der Waals surface area contributed by atoms with Gasteiger partial charge in [-0.05, 0) is 31.0 Å². The third-order valence-corrected chi connectivity index (χ3v) is 3.61. The number of ether oxygens (including phenoxy) is 1. The van der Waals surface area contributed by atoms with Gasteiger partial charge in [-0.1, -0.05) is 0 Å². The Labute approximate surface area is 107 Å². The fraction of sp³-hybridized carbons (Fsp3) is 0.538. The number of hydrogen-bond donors (Lipinski definition) is 2. The van der Waals surface area contributed by atoms with Crippen LogP contribution in [0.4, 0.5) is 0 Å². The predicted octanol–water partition coefficient (Wildman–Crippen LogP) is 0.370. The minimum absolute atomic E-state index is 0.0521. The van der Waals surface area contributed by atoms with E-state index in [2.05, 4.69) is 10.3 Å². The number of nitrogens with zero attached hydrogens (tertiary/aromatic N) is 1. The highest BCUT2D eigenvalue weighted by atomic mass is 16.5. The maximum Gasteiger partial charge on any atom is 0.230 e. The van der Waals surface area contributed by atoms with E-state index in [4.69, 9.17) is 10.5 Å². The van der Waals surface area contributed by atoms with Gasteiger partial charge in [0, 0.05) is 25.0 Å². The lowest BCUT2D eigenvalue weighted by molar-refractivity contribution is -0.130. The normalized spacial score (nSPS) is 27.2. The van der Waals surface area contributed by atoms with Crippen molar-refractivity contribution in [1.82, 2.24) is 10.3 Å². The lowest BCUT2D eigenvalue weighted by Crippen LogP contribution is -2.49. The van der Waals surface area contributed by atoms with Crippen molar-refractivity contribution in [2.45, 2.75) is 26.4 Å². The summed E-state index contributed by atoms with van der Waals surface area (Å²) in [7, 11) is 0. The number of amides is 1. The van der Waals surface area contributed by atoms with Gasteiger partial charge in [-0.2, -0.15) is 0 Å². The third kappa shape index (κ3) is 2.37. The van der Waals surface area contributed by atoms with Crippen LogP contribution in [-0.2, 0) is 16.1 Å². The molecule has 2 heterocycles. The Kier molecular flexibility index (Phi) is 3.63. The van der Waals surface area contributed by atoms with Crippen molar-refractivity contribution in [3.05, 3.63) is 29.6 Å². The Morgan fingerprint density at radius 3 is 3.11 bits per heavy atom. The highest BCUT2D eigenvalue weighted by Crippen LogP contribution is 2.27. The van der Waals surface area contributed by atoms with Gasteiger partial charge in [-0.25, -0.2) is 0 Å². The number of carbonyl (C=O) groups excluding carboxylic acids is 1. The molecule has 2 rings (SSSR count). The second kappa shape index (κ2) is 5.04. The maximum atomic E-state index is 12.2. The van der Waals surface area contributed by atoms with Crippen LogP contribution in [0.2, 0.25) is 0 Å². The van der Waals surface area contributed by atoms with Gasteiger partial charge in [0.15, 0.2) is 0 Å². The van der Waals surface area contributed by atoms with E-state index in [0.29, 0.717) is 19.8 Å². The molecule has 98 valence electrons. The molecule has 2 atom stereocenters. The molecule has 5 heteroatoms. The van der Waals surface area contributed by atoms with Gasteiger partial charge in [0.25, 0.3) is 0 Å². The van der Waals surface area contributed by atoms with Crippen LogP contribution in [0.25, 0.3) is 0 Å². The molecular weight excluding hydrogens is 230 g/mol. The summed E-state index contributed by atoms with van der Waals surface area (Å²) in [5.41, 5.74) is 7.42. The van der Waals surface area contributed by atoms with E-state index in [0.717, 1.165) is 11.1 Å². The molecule has 1 aromatic rings. The average Bonchev–Trinajstić information content (AvgIpc) is 2.69. The molecule has 0 radical (unpaired) electrons. The number of nitrogens with two attached hydrogens (primary N) is 1. The molecular formula is C13H19N3O2. The Bertz CT molecular complexity index is 450. The first-order chi connectivity index (χ1) is 8.54. The summed E-state index contributed by atoms with van der Waals surface area (Å²) >= 11 is 0. The van der Waals surface area contributed by atoms with E-state index in [1.54, 1.807) is 12.4 Å². The Hall–Kier alpha value is -1.46. The van der Waals surface area contributed by atoms with Crippen molar-refractivity contribution < 1.29 is 9.53 Å². The van der Waals surface area contributed by atoms with Gasteiger partial charge < -0.3 is 15.8 Å². The van der Waals surface area contributed by atoms with Crippen molar-refractivity contribution in [2.24, 2.45) is 11.1 Å². The third-order valence-electron chi connectivity index (χ3n) is 3.61. The maximum absolute atomic E-state index is 12.2. The Morgan fingerprint density at radius 1 is 1.72 bits per heavy atom. The first-order valence-corrected chi connectivity index (χ1v) is 6.05. The van der Waals surface area contributed by atoms with Crippen LogP contribution in [0.5, 0.6) is 0 Å². The first-order valence-electron chi connectivity index (χ1n) is 6.05. The minimum atomic E-state index is -0.624. The summed E-state index contributed by atoms with van der Waals surface area (Å²) in [6.45, 7) is 5.14. The molecule has 0 bridgehead atoms. The number of rotatable bonds is 3. The number of carbonyl (C=O) groups is 1. The predicted molar refractivity (Wildman–Crippen MR) is 67.7 cm³/mol. The molecule has 0 aromatic carbocycles. The summed E-state index contributed by atoms with van der Waals surface area (Å²) in [6, 6.07) is 1.67.